The van der Waals surface area contributed by atoms with Gasteiger partial charge in [0.25, 0.3) is 0 Å². The van der Waals surface area contributed by atoms with E-state index in [1.807, 2.05) is 19.2 Å². The smallest absolute Gasteiger partial charge is 0.227 e. The summed E-state index contributed by atoms with van der Waals surface area (Å²) in [7, 11) is 0. The quantitative estimate of drug-likeness (QED) is 0.405. The molecule has 138 valence electrons. The lowest BCUT2D eigenvalue weighted by Gasteiger charge is -2.27. The Labute approximate surface area is 160 Å². The van der Waals surface area contributed by atoms with Gasteiger partial charge in [-0.25, -0.2) is 4.98 Å². The molecule has 0 aliphatic heterocycles. The van der Waals surface area contributed by atoms with Crippen LogP contribution in [0.2, 0.25) is 0 Å². The van der Waals surface area contributed by atoms with E-state index in [1.165, 1.54) is 11.1 Å². The van der Waals surface area contributed by atoms with Crippen molar-refractivity contribution < 1.29 is 4.42 Å². The molecule has 0 bridgehead atoms. The number of rotatable bonds is 4. The molecule has 0 atom stereocenters. The van der Waals surface area contributed by atoms with Crippen LogP contribution in [0.15, 0.2) is 47.0 Å². The number of hydrogen-bond donors (Lipinski definition) is 0. The van der Waals surface area contributed by atoms with Gasteiger partial charge >= 0.3 is 0 Å². The molecule has 3 nitrogen and oxygen atoms in total. The van der Waals surface area contributed by atoms with Crippen molar-refractivity contribution in [2.45, 2.75) is 52.9 Å². The number of hydrogen-bond acceptors (Lipinski definition) is 3. The molecule has 0 saturated carbocycles. The van der Waals surface area contributed by atoms with E-state index in [4.69, 9.17) is 4.42 Å². The highest BCUT2D eigenvalue weighted by atomic mass is 16.3. The van der Waals surface area contributed by atoms with Gasteiger partial charge in [0.2, 0.25) is 5.71 Å². The molecular weight excluding hydrogens is 332 g/mol. The number of aryl methyl sites for hydroxylation is 2. The fraction of sp³-hybridized carbons (Fsp3) is 0.333. The van der Waals surface area contributed by atoms with E-state index < -0.39 is 0 Å². The highest BCUT2D eigenvalue weighted by molar-refractivity contribution is 6.10. The molecule has 0 unspecified atom stereocenters. The van der Waals surface area contributed by atoms with Gasteiger partial charge in [-0.1, -0.05) is 26.8 Å². The maximum atomic E-state index is 6.23. The van der Waals surface area contributed by atoms with Crippen LogP contribution in [0, 0.1) is 13.8 Å². The molecule has 0 aliphatic carbocycles. The lowest BCUT2D eigenvalue weighted by atomic mass is 9.78. The Morgan fingerprint density at radius 2 is 1.78 bits per heavy atom. The summed E-state index contributed by atoms with van der Waals surface area (Å²) in [6, 6.07) is 12.8. The first kappa shape index (κ1) is 17.7. The number of nitrogens with zero attached hydrogens (tertiary/aromatic N) is 2. The Morgan fingerprint density at radius 1 is 1.00 bits per heavy atom. The van der Waals surface area contributed by atoms with Gasteiger partial charge in [-0.05, 0) is 73.6 Å². The zero-order valence-electron chi connectivity index (χ0n) is 16.8. The van der Waals surface area contributed by atoms with Gasteiger partial charge in [0, 0.05) is 28.2 Å². The first-order chi connectivity index (χ1) is 13.0. The Kier molecular flexibility index (Phi) is 4.26. The molecule has 0 fully saturated rings. The summed E-state index contributed by atoms with van der Waals surface area (Å²) in [5.41, 5.74) is 7.21. The highest BCUT2D eigenvalue weighted by Gasteiger charge is 2.23. The van der Waals surface area contributed by atoms with Crippen molar-refractivity contribution in [1.82, 2.24) is 9.97 Å². The second kappa shape index (κ2) is 6.49. The molecule has 0 spiro atoms. The molecule has 3 heterocycles. The van der Waals surface area contributed by atoms with Crippen LogP contribution in [-0.4, -0.2) is 9.97 Å². The standard InChI is InChI=1S/C24H26N2O/c1-6-24(5,7-2)17-12-13-25-20(14-17)18-10-8-15(3)21-19-11-9-16(4)26-23(19)27-22(18)21/h8-14H,6-7H2,1-5H3. The van der Waals surface area contributed by atoms with Crippen molar-refractivity contribution in [3.8, 4) is 11.3 Å². The normalized spacial score (nSPS) is 12.2. The zero-order chi connectivity index (χ0) is 19.2. The van der Waals surface area contributed by atoms with Gasteiger partial charge in [0.15, 0.2) is 0 Å². The summed E-state index contributed by atoms with van der Waals surface area (Å²) in [6.45, 7) is 10.9. The Balaban J connectivity index is 1.98. The summed E-state index contributed by atoms with van der Waals surface area (Å²) < 4.78 is 6.23. The van der Waals surface area contributed by atoms with E-state index in [1.54, 1.807) is 0 Å². The minimum absolute atomic E-state index is 0.161. The van der Waals surface area contributed by atoms with Crippen LogP contribution in [0.25, 0.3) is 33.3 Å². The maximum Gasteiger partial charge on any atom is 0.227 e. The van der Waals surface area contributed by atoms with E-state index in [9.17, 15) is 0 Å². The van der Waals surface area contributed by atoms with Crippen molar-refractivity contribution in [2.24, 2.45) is 0 Å². The molecule has 3 aromatic heterocycles. The van der Waals surface area contributed by atoms with E-state index >= 15 is 0 Å². The largest absolute Gasteiger partial charge is 0.437 e. The fourth-order valence-electron chi connectivity index (χ4n) is 3.83. The van der Waals surface area contributed by atoms with Gasteiger partial charge in [0.05, 0.1) is 5.69 Å². The molecule has 27 heavy (non-hydrogen) atoms. The first-order valence-electron chi connectivity index (χ1n) is 9.73. The Hall–Kier alpha value is -2.68. The minimum atomic E-state index is 0.161. The highest BCUT2D eigenvalue weighted by Crippen LogP contribution is 2.38. The van der Waals surface area contributed by atoms with E-state index in [2.05, 4.69) is 68.0 Å². The Morgan fingerprint density at radius 3 is 2.52 bits per heavy atom. The summed E-state index contributed by atoms with van der Waals surface area (Å²) in [6.07, 6.45) is 4.12. The average molecular weight is 358 g/mol. The van der Waals surface area contributed by atoms with Gasteiger partial charge in [-0.3, -0.25) is 4.98 Å². The zero-order valence-corrected chi connectivity index (χ0v) is 16.8. The van der Waals surface area contributed by atoms with Crippen LogP contribution >= 0.6 is 0 Å². The maximum absolute atomic E-state index is 6.23. The topological polar surface area (TPSA) is 38.9 Å². The van der Waals surface area contributed by atoms with Crippen molar-refractivity contribution >= 4 is 22.1 Å². The number of benzene rings is 1. The SMILES string of the molecule is CCC(C)(CC)c1ccnc(-c2ccc(C)c3c2oc2nc(C)ccc23)c1. The van der Waals surface area contributed by atoms with Crippen molar-refractivity contribution in [3.05, 3.63) is 59.4 Å². The lowest BCUT2D eigenvalue weighted by molar-refractivity contribution is 0.438. The summed E-state index contributed by atoms with van der Waals surface area (Å²) >= 11 is 0. The van der Waals surface area contributed by atoms with Gasteiger partial charge in [0.1, 0.15) is 5.58 Å². The van der Waals surface area contributed by atoms with Gasteiger partial charge in [-0.15, -0.1) is 0 Å². The number of aromatic nitrogens is 2. The lowest BCUT2D eigenvalue weighted by Crippen LogP contribution is -2.19. The molecule has 0 radical (unpaired) electrons. The molecule has 4 aromatic rings. The number of fused-ring (bicyclic) bond motifs is 3. The third-order valence-electron chi connectivity index (χ3n) is 6.13. The molecule has 3 heteroatoms. The predicted octanol–water partition coefficient (Wildman–Crippen LogP) is 6.74. The third kappa shape index (κ3) is 2.82. The Bertz CT molecular complexity index is 1140. The molecule has 0 N–H and O–H groups in total. The monoisotopic (exact) mass is 358 g/mol. The fourth-order valence-corrected chi connectivity index (χ4v) is 3.83. The second-order valence-electron chi connectivity index (χ2n) is 7.74. The summed E-state index contributed by atoms with van der Waals surface area (Å²) in [5, 5.41) is 2.20. The minimum Gasteiger partial charge on any atom is -0.437 e. The predicted molar refractivity (Wildman–Crippen MR) is 112 cm³/mol. The molecular formula is C24H26N2O. The van der Waals surface area contributed by atoms with E-state index in [0.29, 0.717) is 5.71 Å². The third-order valence-corrected chi connectivity index (χ3v) is 6.13. The van der Waals surface area contributed by atoms with Crippen LogP contribution in [-0.2, 0) is 5.41 Å². The van der Waals surface area contributed by atoms with Crippen molar-refractivity contribution in [2.75, 3.05) is 0 Å². The number of pyridine rings is 2. The number of furan rings is 1. The van der Waals surface area contributed by atoms with Crippen molar-refractivity contribution in [1.29, 1.82) is 0 Å². The van der Waals surface area contributed by atoms with Crippen molar-refractivity contribution in [3.63, 3.8) is 0 Å². The van der Waals surface area contributed by atoms with Crippen LogP contribution in [0.5, 0.6) is 0 Å². The van der Waals surface area contributed by atoms with E-state index in [-0.39, 0.29) is 5.41 Å². The average Bonchev–Trinajstić information content (AvgIpc) is 3.07. The summed E-state index contributed by atoms with van der Waals surface area (Å²) in [5.74, 6) is 0. The van der Waals surface area contributed by atoms with Gasteiger partial charge in [-0.2, -0.15) is 0 Å². The van der Waals surface area contributed by atoms with Crippen LogP contribution < -0.4 is 0 Å². The van der Waals surface area contributed by atoms with Crippen LogP contribution in [0.1, 0.15) is 50.4 Å². The molecule has 4 rings (SSSR count). The second-order valence-corrected chi connectivity index (χ2v) is 7.74. The molecule has 0 aliphatic rings. The van der Waals surface area contributed by atoms with Gasteiger partial charge < -0.3 is 4.42 Å². The van der Waals surface area contributed by atoms with E-state index in [0.717, 1.165) is 46.1 Å². The molecule has 0 amide bonds. The molecule has 1 aromatic carbocycles. The molecule has 0 saturated heterocycles. The van der Waals surface area contributed by atoms with Crippen LogP contribution in [0.3, 0.4) is 0 Å². The summed E-state index contributed by atoms with van der Waals surface area (Å²) in [4.78, 5) is 9.26. The first-order valence-corrected chi connectivity index (χ1v) is 9.73. The van der Waals surface area contributed by atoms with Crippen LogP contribution in [0.4, 0.5) is 0 Å².